The Morgan fingerprint density at radius 1 is 1.00 bits per heavy atom. The number of fused-ring (bicyclic) bond motifs is 1. The molecule has 1 amide bonds. The van der Waals surface area contributed by atoms with Crippen LogP contribution in [0.5, 0.6) is 23.0 Å². The van der Waals surface area contributed by atoms with Gasteiger partial charge in [-0.25, -0.2) is 0 Å². The van der Waals surface area contributed by atoms with Crippen LogP contribution in [0.25, 0.3) is 0 Å². The van der Waals surface area contributed by atoms with E-state index < -0.39 is 18.0 Å². The molecule has 1 unspecified atom stereocenters. The van der Waals surface area contributed by atoms with Gasteiger partial charge in [0.15, 0.2) is 17.6 Å². The molecule has 1 aliphatic rings. The summed E-state index contributed by atoms with van der Waals surface area (Å²) < 4.78 is 27.0. The normalized spacial score (nSPS) is 13.1. The van der Waals surface area contributed by atoms with Gasteiger partial charge in [-0.3, -0.25) is 9.59 Å². The van der Waals surface area contributed by atoms with E-state index in [0.29, 0.717) is 42.8 Å². The summed E-state index contributed by atoms with van der Waals surface area (Å²) in [6.45, 7) is 5.10. The number of benzene rings is 2. The van der Waals surface area contributed by atoms with Crippen LogP contribution in [0.4, 0.5) is 5.69 Å². The highest BCUT2D eigenvalue weighted by Gasteiger charge is 2.19. The van der Waals surface area contributed by atoms with Gasteiger partial charge in [-0.2, -0.15) is 0 Å². The van der Waals surface area contributed by atoms with Crippen molar-refractivity contribution in [3.05, 3.63) is 42.5 Å². The summed E-state index contributed by atoms with van der Waals surface area (Å²) >= 11 is 0. The Morgan fingerprint density at radius 3 is 2.37 bits per heavy atom. The quantitative estimate of drug-likeness (QED) is 0.629. The monoisotopic (exact) mass is 415 g/mol. The lowest BCUT2D eigenvalue weighted by Gasteiger charge is -2.19. The fraction of sp³-hybridized carbons (Fsp3) is 0.364. The SMILES string of the molecule is CCOc1ccc(OCCC(=O)OC(C)C(=O)Nc2ccc3c(c2)OCCO3)cc1. The summed E-state index contributed by atoms with van der Waals surface area (Å²) in [5, 5.41) is 2.70. The van der Waals surface area contributed by atoms with E-state index in [1.165, 1.54) is 6.92 Å². The summed E-state index contributed by atoms with van der Waals surface area (Å²) in [5.41, 5.74) is 0.533. The molecule has 1 heterocycles. The first-order chi connectivity index (χ1) is 14.5. The molecular formula is C22H25NO7. The first-order valence-corrected chi connectivity index (χ1v) is 9.81. The molecule has 1 aliphatic heterocycles. The van der Waals surface area contributed by atoms with E-state index in [1.807, 2.05) is 6.92 Å². The number of anilines is 1. The van der Waals surface area contributed by atoms with Crippen LogP contribution in [0.3, 0.4) is 0 Å². The Hall–Kier alpha value is -3.42. The Bertz CT molecular complexity index is 866. The third-order valence-electron chi connectivity index (χ3n) is 4.20. The molecule has 160 valence electrons. The highest BCUT2D eigenvalue weighted by Crippen LogP contribution is 2.32. The van der Waals surface area contributed by atoms with Gasteiger partial charge in [0.25, 0.3) is 5.91 Å². The van der Waals surface area contributed by atoms with Crippen LogP contribution in [0.2, 0.25) is 0 Å². The third-order valence-corrected chi connectivity index (χ3v) is 4.20. The summed E-state index contributed by atoms with van der Waals surface area (Å²) in [6, 6.07) is 12.2. The standard InChI is InChI=1S/C22H25NO7/c1-3-26-17-5-7-18(8-6-17)27-11-10-21(24)30-15(2)22(25)23-16-4-9-19-20(14-16)29-13-12-28-19/h4-9,14-15H,3,10-13H2,1-2H3,(H,23,25). The number of hydrogen-bond donors (Lipinski definition) is 1. The van der Waals surface area contributed by atoms with Crippen molar-refractivity contribution in [3.8, 4) is 23.0 Å². The third kappa shape index (κ3) is 6.04. The molecule has 8 heteroatoms. The van der Waals surface area contributed by atoms with Crippen LogP contribution in [-0.2, 0) is 14.3 Å². The van der Waals surface area contributed by atoms with Crippen LogP contribution in [0, 0.1) is 0 Å². The number of ether oxygens (including phenoxy) is 5. The van der Waals surface area contributed by atoms with Crippen molar-refractivity contribution < 1.29 is 33.3 Å². The predicted molar refractivity (Wildman–Crippen MR) is 109 cm³/mol. The van der Waals surface area contributed by atoms with E-state index in [0.717, 1.165) is 5.75 Å². The smallest absolute Gasteiger partial charge is 0.310 e. The summed E-state index contributed by atoms with van der Waals surface area (Å²) in [5.74, 6) is 1.61. The molecule has 0 aromatic heterocycles. The second-order valence-electron chi connectivity index (χ2n) is 6.48. The number of rotatable bonds is 9. The van der Waals surface area contributed by atoms with Crippen molar-refractivity contribution in [3.63, 3.8) is 0 Å². The zero-order chi connectivity index (χ0) is 21.3. The number of esters is 1. The highest BCUT2D eigenvalue weighted by atomic mass is 16.6. The molecule has 0 saturated carbocycles. The predicted octanol–water partition coefficient (Wildman–Crippen LogP) is 3.20. The van der Waals surface area contributed by atoms with E-state index in [4.69, 9.17) is 23.7 Å². The second-order valence-corrected chi connectivity index (χ2v) is 6.48. The first-order valence-electron chi connectivity index (χ1n) is 9.81. The topological polar surface area (TPSA) is 92.3 Å². The maximum Gasteiger partial charge on any atom is 0.310 e. The van der Waals surface area contributed by atoms with Crippen molar-refractivity contribution in [2.24, 2.45) is 0 Å². The van der Waals surface area contributed by atoms with E-state index in [-0.39, 0.29) is 13.0 Å². The van der Waals surface area contributed by atoms with Crippen molar-refractivity contribution in [1.29, 1.82) is 0 Å². The Kier molecular flexibility index (Phi) is 7.37. The zero-order valence-corrected chi connectivity index (χ0v) is 17.0. The van der Waals surface area contributed by atoms with Crippen LogP contribution in [0.1, 0.15) is 20.3 Å². The minimum absolute atomic E-state index is 0.0227. The van der Waals surface area contributed by atoms with Crippen molar-refractivity contribution in [1.82, 2.24) is 0 Å². The van der Waals surface area contributed by atoms with Gasteiger partial charge >= 0.3 is 5.97 Å². The average Bonchev–Trinajstić information content (AvgIpc) is 2.75. The Labute approximate surface area is 175 Å². The van der Waals surface area contributed by atoms with Crippen LogP contribution >= 0.6 is 0 Å². The van der Waals surface area contributed by atoms with Crippen LogP contribution < -0.4 is 24.3 Å². The lowest BCUT2D eigenvalue weighted by Crippen LogP contribution is -2.30. The minimum atomic E-state index is -0.948. The van der Waals surface area contributed by atoms with E-state index in [9.17, 15) is 9.59 Å². The molecule has 1 N–H and O–H groups in total. The van der Waals surface area contributed by atoms with E-state index in [2.05, 4.69) is 5.32 Å². The first kappa shape index (κ1) is 21.3. The lowest BCUT2D eigenvalue weighted by atomic mass is 10.2. The molecule has 2 aromatic rings. The lowest BCUT2D eigenvalue weighted by molar-refractivity contribution is -0.153. The van der Waals surface area contributed by atoms with Crippen molar-refractivity contribution >= 4 is 17.6 Å². The molecule has 30 heavy (non-hydrogen) atoms. The van der Waals surface area contributed by atoms with Gasteiger partial charge in [-0.15, -0.1) is 0 Å². The number of amides is 1. The molecule has 0 spiro atoms. The molecule has 0 radical (unpaired) electrons. The molecule has 0 aliphatic carbocycles. The maximum atomic E-state index is 12.3. The largest absolute Gasteiger partial charge is 0.494 e. The summed E-state index contributed by atoms with van der Waals surface area (Å²) in [6.07, 6.45) is -0.925. The Morgan fingerprint density at radius 2 is 1.67 bits per heavy atom. The molecule has 8 nitrogen and oxygen atoms in total. The van der Waals surface area contributed by atoms with Crippen molar-refractivity contribution in [2.45, 2.75) is 26.4 Å². The van der Waals surface area contributed by atoms with E-state index in [1.54, 1.807) is 42.5 Å². The Balaban J connectivity index is 1.40. The molecule has 1 atom stereocenters. The van der Waals surface area contributed by atoms with Gasteiger partial charge in [0.1, 0.15) is 24.7 Å². The average molecular weight is 415 g/mol. The molecule has 0 fully saturated rings. The summed E-state index contributed by atoms with van der Waals surface area (Å²) in [4.78, 5) is 24.3. The van der Waals surface area contributed by atoms with Gasteiger partial charge in [0, 0.05) is 11.8 Å². The number of nitrogens with one attached hydrogen (secondary N) is 1. The van der Waals surface area contributed by atoms with Crippen LogP contribution in [0.15, 0.2) is 42.5 Å². The van der Waals surface area contributed by atoms with Crippen molar-refractivity contribution in [2.75, 3.05) is 31.7 Å². The molecule has 0 bridgehead atoms. The van der Waals surface area contributed by atoms with Gasteiger partial charge in [-0.05, 0) is 50.2 Å². The van der Waals surface area contributed by atoms with Gasteiger partial charge in [0.2, 0.25) is 0 Å². The van der Waals surface area contributed by atoms with Gasteiger partial charge in [-0.1, -0.05) is 0 Å². The maximum absolute atomic E-state index is 12.3. The minimum Gasteiger partial charge on any atom is -0.494 e. The van der Waals surface area contributed by atoms with Crippen LogP contribution in [-0.4, -0.2) is 44.4 Å². The molecule has 2 aromatic carbocycles. The fourth-order valence-electron chi connectivity index (χ4n) is 2.73. The fourth-order valence-corrected chi connectivity index (χ4v) is 2.73. The molecular weight excluding hydrogens is 390 g/mol. The molecule has 0 saturated heterocycles. The summed E-state index contributed by atoms with van der Waals surface area (Å²) in [7, 11) is 0. The van der Waals surface area contributed by atoms with E-state index >= 15 is 0 Å². The number of carbonyl (C=O) groups is 2. The second kappa shape index (κ2) is 10.4. The molecule has 3 rings (SSSR count). The highest BCUT2D eigenvalue weighted by molar-refractivity contribution is 5.95. The number of carbonyl (C=O) groups excluding carboxylic acids is 2. The van der Waals surface area contributed by atoms with Gasteiger partial charge in [0.05, 0.1) is 19.6 Å². The number of hydrogen-bond acceptors (Lipinski definition) is 7. The zero-order valence-electron chi connectivity index (χ0n) is 17.0. The van der Waals surface area contributed by atoms with Gasteiger partial charge < -0.3 is 29.0 Å².